The maximum Gasteiger partial charge on any atom is 0.123 e. The highest BCUT2D eigenvalue weighted by Gasteiger charge is 2.04. The van der Waals surface area contributed by atoms with E-state index in [1.165, 1.54) is 12.1 Å². The molecule has 27 heavy (non-hydrogen) atoms. The fourth-order valence-electron chi connectivity index (χ4n) is 2.30. The van der Waals surface area contributed by atoms with E-state index in [2.05, 4.69) is 34.8 Å². The first-order valence-corrected chi connectivity index (χ1v) is 9.76. The van der Waals surface area contributed by atoms with Crippen molar-refractivity contribution in [2.45, 2.75) is 26.8 Å². The highest BCUT2D eigenvalue weighted by Crippen LogP contribution is 2.24. The fraction of sp³-hybridized carbons (Fsp3) is 0.238. The van der Waals surface area contributed by atoms with Crippen LogP contribution in [0.5, 0.6) is 0 Å². The smallest absolute Gasteiger partial charge is 0.123 e. The molecule has 0 aliphatic rings. The van der Waals surface area contributed by atoms with Crippen molar-refractivity contribution in [2.75, 3.05) is 6.26 Å². The summed E-state index contributed by atoms with van der Waals surface area (Å²) in [7, 11) is 0. The molecule has 0 bridgehead atoms. The summed E-state index contributed by atoms with van der Waals surface area (Å²) < 4.78 is 14.7. The molecular weight excluding hydrogens is 359 g/mol. The van der Waals surface area contributed by atoms with Crippen molar-refractivity contribution in [1.82, 2.24) is 9.55 Å². The molecule has 0 unspecified atom stereocenters. The van der Waals surface area contributed by atoms with Gasteiger partial charge in [0.25, 0.3) is 0 Å². The summed E-state index contributed by atoms with van der Waals surface area (Å²) in [5.74, 6) is -0.226. The van der Waals surface area contributed by atoms with Crippen LogP contribution in [0.3, 0.4) is 0 Å². The minimum Gasteiger partial charge on any atom is -0.402 e. The van der Waals surface area contributed by atoms with Crippen LogP contribution in [0.1, 0.15) is 37.2 Å². The van der Waals surface area contributed by atoms with Gasteiger partial charge >= 0.3 is 0 Å². The van der Waals surface area contributed by atoms with E-state index >= 15 is 0 Å². The maximum atomic E-state index is 12.6. The number of hydrogen-bond donors (Lipinski definition) is 1. The summed E-state index contributed by atoms with van der Waals surface area (Å²) in [4.78, 5) is 8.91. The Kier molecular flexibility index (Phi) is 9.90. The number of hydrogen-bond acceptors (Lipinski definition) is 4. The molecule has 0 fully saturated rings. The predicted octanol–water partition coefficient (Wildman–Crippen LogP) is 5.44. The van der Waals surface area contributed by atoms with Gasteiger partial charge in [0.05, 0.1) is 17.7 Å². The normalized spacial score (nSPS) is 11.6. The highest BCUT2D eigenvalue weighted by atomic mass is 32.2. The van der Waals surface area contributed by atoms with E-state index in [1.807, 2.05) is 25.6 Å². The van der Waals surface area contributed by atoms with E-state index < -0.39 is 0 Å². The van der Waals surface area contributed by atoms with Gasteiger partial charge in [-0.2, -0.15) is 0 Å². The Morgan fingerprint density at radius 1 is 1.37 bits per heavy atom. The Morgan fingerprint density at radius 3 is 2.52 bits per heavy atom. The van der Waals surface area contributed by atoms with E-state index in [0.717, 1.165) is 40.5 Å². The van der Waals surface area contributed by atoms with Crippen LogP contribution < -0.4 is 5.73 Å². The number of halogens is 1. The van der Waals surface area contributed by atoms with Gasteiger partial charge in [-0.1, -0.05) is 25.6 Å². The van der Waals surface area contributed by atoms with Crippen LogP contribution in [0.2, 0.25) is 0 Å². The summed E-state index contributed by atoms with van der Waals surface area (Å²) in [5.41, 5.74) is 9.34. The van der Waals surface area contributed by atoms with E-state index in [-0.39, 0.29) is 5.82 Å². The lowest BCUT2D eigenvalue weighted by Crippen LogP contribution is -2.00. The molecule has 0 aliphatic heterocycles. The largest absolute Gasteiger partial charge is 0.402 e. The fourth-order valence-corrected chi connectivity index (χ4v) is 2.85. The van der Waals surface area contributed by atoms with Crippen molar-refractivity contribution >= 4 is 35.5 Å². The molecule has 2 aromatic rings. The molecule has 1 aromatic carbocycles. The first-order valence-electron chi connectivity index (χ1n) is 8.54. The van der Waals surface area contributed by atoms with Crippen LogP contribution in [0.15, 0.2) is 54.1 Å². The zero-order chi connectivity index (χ0) is 20.2. The number of rotatable bonds is 7. The van der Waals surface area contributed by atoms with E-state index in [0.29, 0.717) is 0 Å². The van der Waals surface area contributed by atoms with E-state index in [4.69, 9.17) is 5.73 Å². The van der Waals surface area contributed by atoms with Gasteiger partial charge in [-0.15, -0.1) is 11.8 Å². The van der Waals surface area contributed by atoms with Gasteiger partial charge in [0.1, 0.15) is 5.82 Å². The summed E-state index contributed by atoms with van der Waals surface area (Å²) in [6.45, 7) is 12.1. The zero-order valence-corrected chi connectivity index (χ0v) is 17.0. The van der Waals surface area contributed by atoms with Gasteiger partial charge in [0.2, 0.25) is 0 Å². The number of aryl methyl sites for hydroxylation is 1. The van der Waals surface area contributed by atoms with Gasteiger partial charge in [0, 0.05) is 23.3 Å². The number of benzene rings is 1. The number of aromatic nitrogens is 2. The van der Waals surface area contributed by atoms with Crippen molar-refractivity contribution in [2.24, 2.45) is 10.7 Å². The Bertz CT molecular complexity index is 800. The summed E-state index contributed by atoms with van der Waals surface area (Å²) in [6.07, 6.45) is 10.2. The van der Waals surface area contributed by atoms with Crippen LogP contribution in [-0.2, 0) is 6.54 Å². The number of aliphatic imine (C=N–C) groups is 1. The molecule has 1 heterocycles. The highest BCUT2D eigenvalue weighted by molar-refractivity contribution is 8.07. The van der Waals surface area contributed by atoms with Gasteiger partial charge < -0.3 is 10.3 Å². The first kappa shape index (κ1) is 22.4. The van der Waals surface area contributed by atoms with Crippen LogP contribution >= 0.6 is 11.8 Å². The first-order chi connectivity index (χ1) is 13.0. The average Bonchev–Trinajstić information content (AvgIpc) is 3.02. The Hall–Kier alpha value is -2.60. The van der Waals surface area contributed by atoms with Crippen LogP contribution in [0.4, 0.5) is 4.39 Å². The van der Waals surface area contributed by atoms with Gasteiger partial charge in [0.15, 0.2) is 0 Å². The molecular formula is C21H27FN4S. The van der Waals surface area contributed by atoms with E-state index in [9.17, 15) is 4.39 Å². The Labute approximate surface area is 165 Å². The molecule has 6 heteroatoms. The third-order valence-electron chi connectivity index (χ3n) is 3.49. The molecule has 0 saturated heterocycles. The van der Waals surface area contributed by atoms with Crippen molar-refractivity contribution in [3.05, 3.63) is 71.8 Å². The monoisotopic (exact) mass is 386 g/mol. The topological polar surface area (TPSA) is 56.2 Å². The molecule has 0 saturated carbocycles. The lowest BCUT2D eigenvalue weighted by molar-refractivity contribution is 0.627. The van der Waals surface area contributed by atoms with Gasteiger partial charge in [-0.25, -0.2) is 9.37 Å². The molecule has 0 aliphatic carbocycles. The molecule has 0 spiro atoms. The van der Waals surface area contributed by atoms with Crippen LogP contribution in [0, 0.1) is 5.82 Å². The predicted molar refractivity (Wildman–Crippen MR) is 118 cm³/mol. The standard InChI is InChI=1S/C11H17N3.C10H10FNS/c1-4-6-14-8-13-10(5-2)11(14)7-9(3)12;1-12-7-10(13-2)8-3-5-9(11)6-4-8/h5,7-8H,2,4,6,12H2,1,3H3;3-7H,1H2,2H3/b9-7+;10-7-. The molecule has 144 valence electrons. The van der Waals surface area contributed by atoms with Crippen molar-refractivity contribution < 1.29 is 4.39 Å². The van der Waals surface area contributed by atoms with Crippen LogP contribution in [-0.4, -0.2) is 22.5 Å². The minimum absolute atomic E-state index is 0.226. The summed E-state index contributed by atoms with van der Waals surface area (Å²) in [6, 6.07) is 6.32. The molecule has 2 N–H and O–H groups in total. The number of allylic oxidation sites excluding steroid dienone is 1. The molecule has 0 amide bonds. The second-order valence-corrected chi connectivity index (χ2v) is 6.54. The Balaban J connectivity index is 0.000000271. The Morgan fingerprint density at radius 2 is 2.04 bits per heavy atom. The lowest BCUT2D eigenvalue weighted by atomic mass is 10.2. The van der Waals surface area contributed by atoms with Gasteiger partial charge in [-0.05, 0) is 56.2 Å². The molecule has 2 rings (SSSR count). The lowest BCUT2D eigenvalue weighted by Gasteiger charge is -2.03. The van der Waals surface area contributed by atoms with Crippen molar-refractivity contribution in [3.8, 4) is 0 Å². The van der Waals surface area contributed by atoms with Crippen molar-refractivity contribution in [1.29, 1.82) is 0 Å². The second-order valence-electron chi connectivity index (χ2n) is 5.69. The number of nitrogens with two attached hydrogens (primary N) is 1. The molecule has 1 aromatic heterocycles. The maximum absolute atomic E-state index is 12.6. The minimum atomic E-state index is -0.226. The number of nitrogens with zero attached hydrogens (tertiary/aromatic N) is 3. The molecule has 0 radical (unpaired) electrons. The number of thioether (sulfide) groups is 1. The van der Waals surface area contributed by atoms with Gasteiger partial charge in [-0.3, -0.25) is 4.99 Å². The SMILES string of the molecule is C=Cc1ncn(CCC)c1/C=C(\C)N.C=N/C=C(\SC)c1ccc(F)cc1. The quantitative estimate of drug-likeness (QED) is 0.644. The second kappa shape index (κ2) is 11.9. The summed E-state index contributed by atoms with van der Waals surface area (Å²) in [5, 5.41) is 0. The molecule has 0 atom stereocenters. The van der Waals surface area contributed by atoms with E-state index in [1.54, 1.807) is 36.2 Å². The van der Waals surface area contributed by atoms with Crippen molar-refractivity contribution in [3.63, 3.8) is 0 Å². The number of imidazole rings is 1. The third kappa shape index (κ3) is 7.27. The summed E-state index contributed by atoms with van der Waals surface area (Å²) >= 11 is 1.56. The molecule has 4 nitrogen and oxygen atoms in total. The third-order valence-corrected chi connectivity index (χ3v) is 4.27. The van der Waals surface area contributed by atoms with Crippen LogP contribution in [0.25, 0.3) is 17.1 Å². The zero-order valence-electron chi connectivity index (χ0n) is 16.2. The average molecular weight is 387 g/mol.